The van der Waals surface area contributed by atoms with Crippen LogP contribution in [0.15, 0.2) is 18.7 Å². The summed E-state index contributed by atoms with van der Waals surface area (Å²) in [7, 11) is 0. The molecule has 1 aromatic heterocycles. The fourth-order valence-electron chi connectivity index (χ4n) is 0.291. The second-order valence-electron chi connectivity index (χ2n) is 1.10. The maximum absolute atomic E-state index is 8.51. The molecule has 0 saturated heterocycles. The van der Waals surface area contributed by atoms with E-state index < -0.39 is 0 Å². The quantitative estimate of drug-likeness (QED) is 0.481. The standard InChI is InChI=1S/C4H4N2O.Na/c7-4-1-5-3-6-2-4;/h1-3,7H;. The first kappa shape index (κ1) is 7.88. The molecule has 4 heteroatoms. The molecule has 0 aliphatic rings. The van der Waals surface area contributed by atoms with Crippen LogP contribution in [0, 0.1) is 0 Å². The van der Waals surface area contributed by atoms with Crippen LogP contribution in [0.4, 0.5) is 0 Å². The number of aromatic nitrogens is 2. The summed E-state index contributed by atoms with van der Waals surface area (Å²) in [5.74, 6) is 0.0995. The van der Waals surface area contributed by atoms with Gasteiger partial charge in [0.15, 0.2) is 5.75 Å². The SMILES string of the molecule is Oc1cncnc1.[Na]. The van der Waals surface area contributed by atoms with Crippen LogP contribution in [0.1, 0.15) is 0 Å². The molecule has 0 aliphatic carbocycles. The van der Waals surface area contributed by atoms with Crippen LogP contribution in [0.2, 0.25) is 0 Å². The summed E-state index contributed by atoms with van der Waals surface area (Å²) >= 11 is 0. The zero-order valence-electron chi connectivity index (χ0n) is 4.57. The third-order valence-corrected chi connectivity index (χ3v) is 0.547. The third-order valence-electron chi connectivity index (χ3n) is 0.547. The predicted molar refractivity (Wildman–Crippen MR) is 29.5 cm³/mol. The van der Waals surface area contributed by atoms with Gasteiger partial charge in [-0.15, -0.1) is 0 Å². The Morgan fingerprint density at radius 2 is 1.75 bits per heavy atom. The molecule has 0 saturated carbocycles. The monoisotopic (exact) mass is 119 g/mol. The van der Waals surface area contributed by atoms with Gasteiger partial charge in [0.25, 0.3) is 0 Å². The molecule has 0 unspecified atom stereocenters. The van der Waals surface area contributed by atoms with E-state index in [0.29, 0.717) is 0 Å². The van der Waals surface area contributed by atoms with Gasteiger partial charge in [-0.3, -0.25) is 0 Å². The summed E-state index contributed by atoms with van der Waals surface area (Å²) in [4.78, 5) is 7.05. The zero-order valence-corrected chi connectivity index (χ0v) is 6.57. The minimum atomic E-state index is 0. The molecule has 0 fully saturated rings. The first-order chi connectivity index (χ1) is 3.39. The largest absolute Gasteiger partial charge is 0.505 e. The summed E-state index contributed by atoms with van der Waals surface area (Å²) in [6.07, 6.45) is 4.01. The van der Waals surface area contributed by atoms with E-state index in [4.69, 9.17) is 5.11 Å². The van der Waals surface area contributed by atoms with Crippen molar-refractivity contribution < 1.29 is 5.11 Å². The van der Waals surface area contributed by atoms with Gasteiger partial charge in [0.2, 0.25) is 0 Å². The molecule has 1 aromatic rings. The van der Waals surface area contributed by atoms with Crippen LogP contribution in [-0.2, 0) is 0 Å². The van der Waals surface area contributed by atoms with Gasteiger partial charge < -0.3 is 5.11 Å². The smallest absolute Gasteiger partial charge is 0.152 e. The predicted octanol–water partition coefficient (Wildman–Crippen LogP) is -0.199. The number of nitrogens with zero attached hydrogens (tertiary/aromatic N) is 2. The van der Waals surface area contributed by atoms with Crippen molar-refractivity contribution >= 4 is 29.6 Å². The van der Waals surface area contributed by atoms with E-state index >= 15 is 0 Å². The number of rotatable bonds is 0. The van der Waals surface area contributed by atoms with Crippen molar-refractivity contribution in [2.45, 2.75) is 0 Å². The first-order valence-electron chi connectivity index (χ1n) is 1.83. The molecule has 0 bridgehead atoms. The number of hydrogen-bond acceptors (Lipinski definition) is 3. The molecule has 0 aliphatic heterocycles. The van der Waals surface area contributed by atoms with Gasteiger partial charge >= 0.3 is 0 Å². The number of aromatic hydroxyl groups is 1. The summed E-state index contributed by atoms with van der Waals surface area (Å²) in [5.41, 5.74) is 0. The van der Waals surface area contributed by atoms with Crippen molar-refractivity contribution in [3.05, 3.63) is 18.7 Å². The molecule has 1 radical (unpaired) electrons. The molecule has 37 valence electrons. The Hall–Kier alpha value is -0.120. The molecule has 0 amide bonds. The summed E-state index contributed by atoms with van der Waals surface area (Å²) in [6.45, 7) is 0. The van der Waals surface area contributed by atoms with Crippen LogP contribution in [-0.4, -0.2) is 44.6 Å². The fourth-order valence-corrected chi connectivity index (χ4v) is 0.291. The van der Waals surface area contributed by atoms with Gasteiger partial charge in [-0.25, -0.2) is 9.97 Å². The fraction of sp³-hybridized carbons (Fsp3) is 0. The van der Waals surface area contributed by atoms with Crippen molar-refractivity contribution in [2.75, 3.05) is 0 Å². The topological polar surface area (TPSA) is 46.0 Å². The molecule has 1 N–H and O–H groups in total. The Morgan fingerprint density at radius 1 is 1.25 bits per heavy atom. The van der Waals surface area contributed by atoms with E-state index in [0.717, 1.165) is 0 Å². The van der Waals surface area contributed by atoms with Crippen molar-refractivity contribution in [3.8, 4) is 5.75 Å². The molecule has 0 aromatic carbocycles. The second kappa shape index (κ2) is 3.83. The summed E-state index contributed by atoms with van der Waals surface area (Å²) < 4.78 is 0. The van der Waals surface area contributed by atoms with Gasteiger partial charge in [-0.1, -0.05) is 0 Å². The van der Waals surface area contributed by atoms with Crippen LogP contribution in [0.25, 0.3) is 0 Å². The molecule has 1 rings (SSSR count). The first-order valence-corrected chi connectivity index (χ1v) is 1.83. The minimum absolute atomic E-state index is 0. The molecule has 3 nitrogen and oxygen atoms in total. The summed E-state index contributed by atoms with van der Waals surface area (Å²) in [5, 5.41) is 8.51. The molecule has 0 spiro atoms. The minimum Gasteiger partial charge on any atom is -0.505 e. The maximum atomic E-state index is 8.51. The third kappa shape index (κ3) is 2.26. The van der Waals surface area contributed by atoms with Crippen LogP contribution in [0.5, 0.6) is 5.75 Å². The van der Waals surface area contributed by atoms with Gasteiger partial charge in [0.1, 0.15) is 6.33 Å². The van der Waals surface area contributed by atoms with Crippen LogP contribution < -0.4 is 0 Å². The average Bonchev–Trinajstić information content (AvgIpc) is 1.69. The zero-order chi connectivity index (χ0) is 5.11. The van der Waals surface area contributed by atoms with E-state index in [1.807, 2.05) is 0 Å². The van der Waals surface area contributed by atoms with Gasteiger partial charge in [-0.2, -0.15) is 0 Å². The van der Waals surface area contributed by atoms with E-state index in [2.05, 4.69) is 9.97 Å². The van der Waals surface area contributed by atoms with E-state index in [1.165, 1.54) is 18.7 Å². The van der Waals surface area contributed by atoms with Crippen molar-refractivity contribution in [1.82, 2.24) is 9.97 Å². The molecule has 1 heterocycles. The Labute approximate surface area is 69.1 Å². The van der Waals surface area contributed by atoms with Crippen molar-refractivity contribution in [1.29, 1.82) is 0 Å². The normalized spacial score (nSPS) is 7.50. The molecule has 8 heavy (non-hydrogen) atoms. The van der Waals surface area contributed by atoms with Crippen molar-refractivity contribution in [3.63, 3.8) is 0 Å². The van der Waals surface area contributed by atoms with Crippen LogP contribution >= 0.6 is 0 Å². The summed E-state index contributed by atoms with van der Waals surface area (Å²) in [6, 6.07) is 0. The molecular weight excluding hydrogens is 115 g/mol. The Balaban J connectivity index is 0.000000490. The second-order valence-corrected chi connectivity index (χ2v) is 1.10. The van der Waals surface area contributed by atoms with Gasteiger partial charge in [0.05, 0.1) is 12.4 Å². The van der Waals surface area contributed by atoms with Crippen molar-refractivity contribution in [2.24, 2.45) is 0 Å². The average molecular weight is 119 g/mol. The van der Waals surface area contributed by atoms with Gasteiger partial charge in [-0.05, 0) is 0 Å². The van der Waals surface area contributed by atoms with Gasteiger partial charge in [0, 0.05) is 29.6 Å². The van der Waals surface area contributed by atoms with E-state index in [9.17, 15) is 0 Å². The Morgan fingerprint density at radius 3 is 2.00 bits per heavy atom. The van der Waals surface area contributed by atoms with E-state index in [1.54, 1.807) is 0 Å². The Bertz CT molecular complexity index is 144. The number of hydrogen-bond donors (Lipinski definition) is 1. The Kier molecular flexibility index (Phi) is 3.77. The van der Waals surface area contributed by atoms with Crippen LogP contribution in [0.3, 0.4) is 0 Å². The molecule has 0 atom stereocenters. The van der Waals surface area contributed by atoms with E-state index in [-0.39, 0.29) is 35.3 Å². The maximum Gasteiger partial charge on any atom is 0.152 e. The molecular formula is C4H4N2NaO.